The average molecular weight is 292 g/mol. The van der Waals surface area contributed by atoms with E-state index >= 15 is 0 Å². The maximum Gasteiger partial charge on any atom is 0.146 e. The lowest BCUT2D eigenvalue weighted by Crippen LogP contribution is -2.20. The minimum Gasteiger partial charge on any atom is -0.485 e. The molecule has 4 heteroatoms. The van der Waals surface area contributed by atoms with Gasteiger partial charge in [0.15, 0.2) is 0 Å². The number of nitrogens with zero attached hydrogens (tertiary/aromatic N) is 1. The van der Waals surface area contributed by atoms with Crippen molar-refractivity contribution in [3.05, 3.63) is 52.4 Å². The first-order valence-corrected chi connectivity index (χ1v) is 7.26. The Hall–Kier alpha value is -1.45. The molecule has 0 saturated carbocycles. The van der Waals surface area contributed by atoms with Crippen LogP contribution in [0.2, 0.25) is 5.02 Å². The summed E-state index contributed by atoms with van der Waals surface area (Å²) in [6.45, 7) is 2.52. The Bertz CT molecular complexity index is 580. The molecule has 1 aliphatic heterocycles. The van der Waals surface area contributed by atoms with Crippen LogP contribution in [0.4, 0.5) is 0 Å². The molecule has 0 radical (unpaired) electrons. The van der Waals surface area contributed by atoms with E-state index in [0.29, 0.717) is 6.61 Å². The molecule has 0 saturated heterocycles. The first kappa shape index (κ1) is 13.5. The van der Waals surface area contributed by atoms with Crippen LogP contribution in [0, 0.1) is 0 Å². The molecule has 0 N–H and O–H groups in total. The molecule has 0 amide bonds. The summed E-state index contributed by atoms with van der Waals surface area (Å²) in [6, 6.07) is 7.69. The zero-order valence-electron chi connectivity index (χ0n) is 11.6. The van der Waals surface area contributed by atoms with Gasteiger partial charge in [-0.2, -0.15) is 0 Å². The Labute approximate surface area is 124 Å². The van der Waals surface area contributed by atoms with Crippen molar-refractivity contribution in [1.29, 1.82) is 0 Å². The van der Waals surface area contributed by atoms with Crippen LogP contribution in [0.25, 0.3) is 0 Å². The Morgan fingerprint density at radius 2 is 2.00 bits per heavy atom. The van der Waals surface area contributed by atoms with Gasteiger partial charge in [-0.15, -0.1) is 0 Å². The van der Waals surface area contributed by atoms with Crippen molar-refractivity contribution < 1.29 is 9.15 Å². The minimum absolute atomic E-state index is 0.455. The molecule has 0 unspecified atom stereocenters. The van der Waals surface area contributed by atoms with E-state index in [-0.39, 0.29) is 0 Å². The average Bonchev–Trinajstić information content (AvgIpc) is 2.88. The highest BCUT2D eigenvalue weighted by molar-refractivity contribution is 6.31. The van der Waals surface area contributed by atoms with Gasteiger partial charge < -0.3 is 14.1 Å². The van der Waals surface area contributed by atoms with Gasteiger partial charge in [0.25, 0.3) is 0 Å². The van der Waals surface area contributed by atoms with Gasteiger partial charge in [0.05, 0.1) is 6.26 Å². The standard InChI is InChI=1S/C16H18ClNO2/c1-18-8-6-13-14(7-9-18)16(5-4-15(13)17)20-11-12-3-2-10-19-12/h2-5,10H,6-9,11H2,1H3. The first-order valence-electron chi connectivity index (χ1n) is 6.88. The van der Waals surface area contributed by atoms with Crippen molar-refractivity contribution >= 4 is 11.6 Å². The molecule has 3 nitrogen and oxygen atoms in total. The largest absolute Gasteiger partial charge is 0.485 e. The quantitative estimate of drug-likeness (QED) is 0.865. The van der Waals surface area contributed by atoms with Gasteiger partial charge in [0, 0.05) is 23.7 Å². The molecule has 20 heavy (non-hydrogen) atoms. The Kier molecular flexibility index (Phi) is 3.99. The van der Waals surface area contributed by atoms with Gasteiger partial charge in [0.2, 0.25) is 0 Å². The van der Waals surface area contributed by atoms with E-state index < -0.39 is 0 Å². The number of likely N-dealkylation sites (N-methyl/N-ethyl adjacent to an activating group) is 1. The van der Waals surface area contributed by atoms with Crippen LogP contribution in [-0.4, -0.2) is 25.0 Å². The fraction of sp³-hybridized carbons (Fsp3) is 0.375. The third-order valence-corrected chi connectivity index (χ3v) is 4.12. The predicted octanol–water partition coefficient (Wildman–Crippen LogP) is 3.54. The fourth-order valence-electron chi connectivity index (χ4n) is 2.58. The highest BCUT2D eigenvalue weighted by atomic mass is 35.5. The van der Waals surface area contributed by atoms with E-state index in [9.17, 15) is 0 Å². The van der Waals surface area contributed by atoms with Crippen LogP contribution >= 0.6 is 11.6 Å². The smallest absolute Gasteiger partial charge is 0.146 e. The lowest BCUT2D eigenvalue weighted by Gasteiger charge is -2.14. The highest BCUT2D eigenvalue weighted by Gasteiger charge is 2.18. The molecule has 1 aromatic carbocycles. The molecule has 0 spiro atoms. The van der Waals surface area contributed by atoms with Gasteiger partial charge in [-0.05, 0) is 49.7 Å². The number of hydrogen-bond acceptors (Lipinski definition) is 3. The highest BCUT2D eigenvalue weighted by Crippen LogP contribution is 2.32. The van der Waals surface area contributed by atoms with Crippen LogP contribution in [0.3, 0.4) is 0 Å². The molecule has 106 valence electrons. The van der Waals surface area contributed by atoms with Gasteiger partial charge in [-0.3, -0.25) is 0 Å². The van der Waals surface area contributed by atoms with E-state index in [1.54, 1.807) is 6.26 Å². The summed E-state index contributed by atoms with van der Waals surface area (Å²) in [4.78, 5) is 2.33. The number of halogens is 1. The lowest BCUT2D eigenvalue weighted by atomic mass is 10.0. The number of rotatable bonds is 3. The summed E-state index contributed by atoms with van der Waals surface area (Å²) < 4.78 is 11.2. The molecule has 2 aromatic rings. The van der Waals surface area contributed by atoms with Crippen molar-refractivity contribution in [3.63, 3.8) is 0 Å². The molecule has 0 atom stereocenters. The van der Waals surface area contributed by atoms with E-state index in [4.69, 9.17) is 20.8 Å². The van der Waals surface area contributed by atoms with E-state index in [2.05, 4.69) is 11.9 Å². The normalized spacial score (nSPS) is 15.7. The summed E-state index contributed by atoms with van der Waals surface area (Å²) in [5, 5.41) is 0.848. The molecular formula is C16H18ClNO2. The van der Waals surface area contributed by atoms with Gasteiger partial charge in [-0.25, -0.2) is 0 Å². The van der Waals surface area contributed by atoms with E-state index in [0.717, 1.165) is 42.5 Å². The van der Waals surface area contributed by atoms with Crippen LogP contribution in [-0.2, 0) is 19.4 Å². The van der Waals surface area contributed by atoms with Crippen molar-refractivity contribution in [2.24, 2.45) is 0 Å². The van der Waals surface area contributed by atoms with Crippen LogP contribution in [0.5, 0.6) is 5.75 Å². The minimum atomic E-state index is 0.455. The lowest BCUT2D eigenvalue weighted by molar-refractivity contribution is 0.267. The third-order valence-electron chi connectivity index (χ3n) is 3.77. The van der Waals surface area contributed by atoms with E-state index in [1.165, 1.54) is 11.1 Å². The van der Waals surface area contributed by atoms with E-state index in [1.807, 2.05) is 24.3 Å². The zero-order chi connectivity index (χ0) is 13.9. The fourth-order valence-corrected chi connectivity index (χ4v) is 2.85. The molecule has 0 aliphatic carbocycles. The topological polar surface area (TPSA) is 25.6 Å². The summed E-state index contributed by atoms with van der Waals surface area (Å²) in [7, 11) is 2.14. The van der Waals surface area contributed by atoms with Crippen molar-refractivity contribution in [2.45, 2.75) is 19.4 Å². The second kappa shape index (κ2) is 5.90. The van der Waals surface area contributed by atoms with Crippen LogP contribution in [0.15, 0.2) is 34.9 Å². The van der Waals surface area contributed by atoms with Gasteiger partial charge in [-0.1, -0.05) is 11.6 Å². The maximum absolute atomic E-state index is 6.34. The Morgan fingerprint density at radius 3 is 2.75 bits per heavy atom. The third kappa shape index (κ3) is 2.84. The predicted molar refractivity (Wildman–Crippen MR) is 79.4 cm³/mol. The molecule has 0 bridgehead atoms. The van der Waals surface area contributed by atoms with Crippen LogP contribution < -0.4 is 4.74 Å². The number of benzene rings is 1. The number of hydrogen-bond donors (Lipinski definition) is 0. The van der Waals surface area contributed by atoms with Crippen LogP contribution in [0.1, 0.15) is 16.9 Å². The number of fused-ring (bicyclic) bond motifs is 1. The first-order chi connectivity index (χ1) is 9.74. The zero-order valence-corrected chi connectivity index (χ0v) is 12.3. The van der Waals surface area contributed by atoms with Gasteiger partial charge in [0.1, 0.15) is 18.1 Å². The summed E-state index contributed by atoms with van der Waals surface area (Å²) in [5.41, 5.74) is 2.47. The maximum atomic E-state index is 6.34. The summed E-state index contributed by atoms with van der Waals surface area (Å²) >= 11 is 6.34. The van der Waals surface area contributed by atoms with Crippen molar-refractivity contribution in [1.82, 2.24) is 4.90 Å². The van der Waals surface area contributed by atoms with Crippen molar-refractivity contribution in [3.8, 4) is 5.75 Å². The van der Waals surface area contributed by atoms with Gasteiger partial charge >= 0.3 is 0 Å². The Morgan fingerprint density at radius 1 is 1.20 bits per heavy atom. The molecule has 3 rings (SSSR count). The second-order valence-corrected chi connectivity index (χ2v) is 5.58. The summed E-state index contributed by atoms with van der Waals surface area (Å²) in [5.74, 6) is 1.76. The Balaban J connectivity index is 1.84. The van der Waals surface area contributed by atoms with Crippen molar-refractivity contribution in [2.75, 3.05) is 20.1 Å². The number of furan rings is 1. The molecule has 1 aliphatic rings. The summed E-state index contributed by atoms with van der Waals surface area (Å²) in [6.07, 6.45) is 3.61. The molecule has 2 heterocycles. The molecule has 1 aromatic heterocycles. The molecule has 0 fully saturated rings. The molecular weight excluding hydrogens is 274 g/mol. The monoisotopic (exact) mass is 291 g/mol. The second-order valence-electron chi connectivity index (χ2n) is 5.17. The number of ether oxygens (including phenoxy) is 1. The SMILES string of the molecule is CN1CCc2c(Cl)ccc(OCc3ccco3)c2CC1.